The van der Waals surface area contributed by atoms with Crippen molar-refractivity contribution < 1.29 is 14.3 Å². The minimum atomic E-state index is -0.540. The molecule has 2 fully saturated rings. The Kier molecular flexibility index (Phi) is 5.11. The first-order valence-corrected chi connectivity index (χ1v) is 8.88. The number of benzene rings is 1. The van der Waals surface area contributed by atoms with Crippen LogP contribution in [0.1, 0.15) is 43.9 Å². The number of hydrogen-bond acceptors (Lipinski definition) is 3. The van der Waals surface area contributed by atoms with E-state index in [9.17, 15) is 4.79 Å². The fourth-order valence-corrected chi connectivity index (χ4v) is 3.57. The molecule has 2 amide bonds. The van der Waals surface area contributed by atoms with E-state index in [4.69, 9.17) is 9.47 Å². The Hall–Kier alpha value is -1.59. The summed E-state index contributed by atoms with van der Waals surface area (Å²) in [5.74, 6) is -0.309. The van der Waals surface area contributed by atoms with E-state index in [1.54, 1.807) is 0 Å². The third-order valence-electron chi connectivity index (χ3n) is 5.23. The Balaban J connectivity index is 1.59. The zero-order valence-electron chi connectivity index (χ0n) is 14.9. The number of carbonyl (C=O) groups is 1. The normalized spacial score (nSPS) is 24.6. The first-order chi connectivity index (χ1) is 11.5. The van der Waals surface area contributed by atoms with Crippen molar-refractivity contribution in [2.24, 2.45) is 5.92 Å². The number of nitrogens with zero attached hydrogens (tertiary/aromatic N) is 1. The molecule has 2 aliphatic rings. The van der Waals surface area contributed by atoms with Crippen LogP contribution in [0.4, 0.5) is 4.79 Å². The second-order valence-corrected chi connectivity index (χ2v) is 7.08. The highest BCUT2D eigenvalue weighted by molar-refractivity contribution is 5.74. The summed E-state index contributed by atoms with van der Waals surface area (Å²) in [6, 6.07) is 8.28. The Bertz CT molecular complexity index is 566. The minimum Gasteiger partial charge on any atom is -0.347 e. The molecule has 0 spiro atoms. The lowest BCUT2D eigenvalue weighted by Crippen LogP contribution is -2.51. The highest BCUT2D eigenvalue weighted by atomic mass is 16.7. The summed E-state index contributed by atoms with van der Waals surface area (Å²) in [7, 11) is 0. The van der Waals surface area contributed by atoms with Gasteiger partial charge in [0.1, 0.15) is 0 Å². The van der Waals surface area contributed by atoms with Gasteiger partial charge in [-0.2, -0.15) is 0 Å². The topological polar surface area (TPSA) is 50.8 Å². The lowest BCUT2D eigenvalue weighted by Gasteiger charge is -2.40. The van der Waals surface area contributed by atoms with Gasteiger partial charge in [-0.05, 0) is 39.2 Å². The van der Waals surface area contributed by atoms with Crippen LogP contribution in [-0.2, 0) is 9.47 Å². The number of urea groups is 1. The van der Waals surface area contributed by atoms with Crippen molar-refractivity contribution in [3.63, 3.8) is 0 Å². The largest absolute Gasteiger partial charge is 0.347 e. The fraction of sp³-hybridized carbons (Fsp3) is 0.632. The summed E-state index contributed by atoms with van der Waals surface area (Å²) in [4.78, 5) is 14.5. The lowest BCUT2D eigenvalue weighted by atomic mass is 9.90. The number of hydrogen-bond donors (Lipinski definition) is 1. The van der Waals surface area contributed by atoms with Crippen molar-refractivity contribution in [1.82, 2.24) is 10.2 Å². The van der Waals surface area contributed by atoms with Crippen molar-refractivity contribution in [2.75, 3.05) is 26.3 Å². The number of likely N-dealkylation sites (tertiary alicyclic amines) is 1. The van der Waals surface area contributed by atoms with Gasteiger partial charge in [0.05, 0.1) is 19.3 Å². The summed E-state index contributed by atoms with van der Waals surface area (Å²) in [5.41, 5.74) is 2.35. The molecule has 0 saturated carbocycles. The number of carbonyl (C=O) groups excluding carboxylic acids is 1. The Morgan fingerprint density at radius 1 is 1.29 bits per heavy atom. The van der Waals surface area contributed by atoms with Crippen LogP contribution < -0.4 is 5.32 Å². The van der Waals surface area contributed by atoms with E-state index in [2.05, 4.69) is 36.5 Å². The van der Waals surface area contributed by atoms with Gasteiger partial charge in [0, 0.05) is 19.0 Å². The van der Waals surface area contributed by atoms with Crippen molar-refractivity contribution in [3.8, 4) is 0 Å². The molecule has 0 bridgehead atoms. The van der Waals surface area contributed by atoms with Gasteiger partial charge in [-0.25, -0.2) is 4.79 Å². The zero-order chi connectivity index (χ0) is 17.2. The van der Waals surface area contributed by atoms with Gasteiger partial charge in [0.25, 0.3) is 0 Å². The van der Waals surface area contributed by atoms with Crippen molar-refractivity contribution in [2.45, 2.75) is 45.4 Å². The standard InChI is InChI=1S/C19H28N2O3/c1-14-6-8-16(9-7-14)15(2)20-18(22)21-10-4-5-17(13-21)19(3)23-11-12-24-19/h6-9,15,17H,4-5,10-13H2,1-3H3,(H,20,22)/t15-,17-/m0/s1. The second kappa shape index (κ2) is 7.11. The molecule has 2 atom stereocenters. The summed E-state index contributed by atoms with van der Waals surface area (Å²) < 4.78 is 11.6. The van der Waals surface area contributed by atoms with Crippen LogP contribution >= 0.6 is 0 Å². The van der Waals surface area contributed by atoms with Crippen molar-refractivity contribution >= 4 is 6.03 Å². The zero-order valence-corrected chi connectivity index (χ0v) is 14.9. The smallest absolute Gasteiger partial charge is 0.317 e. The number of piperidine rings is 1. The third kappa shape index (κ3) is 3.73. The van der Waals surface area contributed by atoms with E-state index < -0.39 is 5.79 Å². The van der Waals surface area contributed by atoms with Gasteiger partial charge in [-0.3, -0.25) is 0 Å². The molecule has 2 heterocycles. The molecule has 5 nitrogen and oxygen atoms in total. The quantitative estimate of drug-likeness (QED) is 0.924. The van der Waals surface area contributed by atoms with Crippen LogP contribution in [-0.4, -0.2) is 43.0 Å². The first kappa shape index (κ1) is 17.2. The van der Waals surface area contributed by atoms with Crippen molar-refractivity contribution in [1.29, 1.82) is 0 Å². The van der Waals surface area contributed by atoms with Crippen LogP contribution in [0.3, 0.4) is 0 Å². The maximum atomic E-state index is 12.6. The van der Waals surface area contributed by atoms with E-state index in [-0.39, 0.29) is 18.0 Å². The maximum Gasteiger partial charge on any atom is 0.317 e. The summed E-state index contributed by atoms with van der Waals surface area (Å²) >= 11 is 0. The Morgan fingerprint density at radius 3 is 2.62 bits per heavy atom. The molecule has 24 heavy (non-hydrogen) atoms. The molecule has 132 valence electrons. The summed E-state index contributed by atoms with van der Waals surface area (Å²) in [6.45, 7) is 8.85. The Morgan fingerprint density at radius 2 is 1.96 bits per heavy atom. The van der Waals surface area contributed by atoms with Crippen LogP contribution in [0.2, 0.25) is 0 Å². The molecule has 0 radical (unpaired) electrons. The molecule has 3 rings (SSSR count). The third-order valence-corrected chi connectivity index (χ3v) is 5.23. The van der Waals surface area contributed by atoms with Gasteiger partial charge in [0.15, 0.2) is 5.79 Å². The first-order valence-electron chi connectivity index (χ1n) is 8.88. The highest BCUT2D eigenvalue weighted by Gasteiger charge is 2.42. The van der Waals surface area contributed by atoms with E-state index in [0.717, 1.165) is 24.9 Å². The molecule has 1 aromatic rings. The Labute approximate surface area is 144 Å². The minimum absolute atomic E-state index is 0.00521. The number of ether oxygens (including phenoxy) is 2. The van der Waals surface area contributed by atoms with E-state index in [0.29, 0.717) is 19.8 Å². The molecular weight excluding hydrogens is 304 g/mol. The maximum absolute atomic E-state index is 12.6. The number of nitrogens with one attached hydrogen (secondary N) is 1. The number of amides is 2. The number of rotatable bonds is 3. The van der Waals surface area contributed by atoms with Crippen LogP contribution in [0.5, 0.6) is 0 Å². The average molecular weight is 332 g/mol. The molecular formula is C19H28N2O3. The fourth-order valence-electron chi connectivity index (χ4n) is 3.57. The van der Waals surface area contributed by atoms with Gasteiger partial charge in [-0.1, -0.05) is 29.8 Å². The van der Waals surface area contributed by atoms with Gasteiger partial charge in [-0.15, -0.1) is 0 Å². The molecule has 0 aliphatic carbocycles. The molecule has 2 saturated heterocycles. The van der Waals surface area contributed by atoms with Crippen molar-refractivity contribution in [3.05, 3.63) is 35.4 Å². The number of aryl methyl sites for hydroxylation is 1. The van der Waals surface area contributed by atoms with E-state index in [1.807, 2.05) is 18.7 Å². The highest BCUT2D eigenvalue weighted by Crippen LogP contribution is 2.34. The lowest BCUT2D eigenvalue weighted by molar-refractivity contribution is -0.189. The SMILES string of the molecule is Cc1ccc([C@H](C)NC(=O)N2CCC[C@H](C3(C)OCCO3)C2)cc1. The average Bonchev–Trinajstić information content (AvgIpc) is 3.03. The monoisotopic (exact) mass is 332 g/mol. The van der Waals surface area contributed by atoms with E-state index in [1.165, 1.54) is 5.56 Å². The van der Waals surface area contributed by atoms with Crippen LogP contribution in [0.25, 0.3) is 0 Å². The predicted octanol–water partition coefficient (Wildman–Crippen LogP) is 3.24. The second-order valence-electron chi connectivity index (χ2n) is 7.08. The molecule has 5 heteroatoms. The van der Waals surface area contributed by atoms with Gasteiger partial charge in [0.2, 0.25) is 0 Å². The predicted molar refractivity (Wildman–Crippen MR) is 92.7 cm³/mol. The summed E-state index contributed by atoms with van der Waals surface area (Å²) in [6.07, 6.45) is 2.02. The van der Waals surface area contributed by atoms with Crippen LogP contribution in [0, 0.1) is 12.8 Å². The molecule has 0 unspecified atom stereocenters. The van der Waals surface area contributed by atoms with Crippen LogP contribution in [0.15, 0.2) is 24.3 Å². The summed E-state index contributed by atoms with van der Waals surface area (Å²) in [5, 5.41) is 3.11. The molecule has 1 N–H and O–H groups in total. The van der Waals surface area contributed by atoms with Gasteiger partial charge < -0.3 is 19.7 Å². The molecule has 2 aliphatic heterocycles. The van der Waals surface area contributed by atoms with E-state index >= 15 is 0 Å². The molecule has 0 aromatic heterocycles. The van der Waals surface area contributed by atoms with Gasteiger partial charge >= 0.3 is 6.03 Å². The molecule has 1 aromatic carbocycles.